The maximum Gasteiger partial charge on any atom is 0.259 e. The maximum atomic E-state index is 12.2. The van der Waals surface area contributed by atoms with Crippen LogP contribution in [0.1, 0.15) is 10.4 Å². The third-order valence-corrected chi connectivity index (χ3v) is 3.73. The minimum absolute atomic E-state index is 0.138. The Hall–Kier alpha value is -1.62. The Morgan fingerprint density at radius 2 is 2.00 bits per heavy atom. The molecule has 90 valence electrons. The van der Waals surface area contributed by atoms with Gasteiger partial charge in [-0.05, 0) is 11.8 Å². The summed E-state index contributed by atoms with van der Waals surface area (Å²) in [6.07, 6.45) is 3.04. The molecule has 2 fully saturated rings. The van der Waals surface area contributed by atoms with E-state index in [1.54, 1.807) is 11.1 Å². The highest BCUT2D eigenvalue weighted by molar-refractivity contribution is 5.94. The van der Waals surface area contributed by atoms with Crippen LogP contribution < -0.4 is 10.7 Å². The number of hydrogen-bond acceptors (Lipinski definition) is 3. The van der Waals surface area contributed by atoms with Crippen LogP contribution in [0.4, 0.5) is 0 Å². The number of H-pyrrole nitrogens is 1. The summed E-state index contributed by atoms with van der Waals surface area (Å²) in [5.41, 5.74) is 0.0457. The molecule has 2 atom stereocenters. The molecule has 0 bridgehead atoms. The van der Waals surface area contributed by atoms with Crippen molar-refractivity contribution in [3.63, 3.8) is 0 Å². The van der Waals surface area contributed by atoms with Gasteiger partial charge in [-0.3, -0.25) is 9.59 Å². The molecule has 5 nitrogen and oxygen atoms in total. The zero-order valence-corrected chi connectivity index (χ0v) is 9.48. The van der Waals surface area contributed by atoms with Crippen LogP contribution in [0.25, 0.3) is 0 Å². The molecule has 2 N–H and O–H groups in total. The molecule has 3 heterocycles. The average molecular weight is 233 g/mol. The van der Waals surface area contributed by atoms with E-state index in [0.29, 0.717) is 11.8 Å². The highest BCUT2D eigenvalue weighted by atomic mass is 16.2. The van der Waals surface area contributed by atoms with Gasteiger partial charge in [0, 0.05) is 44.6 Å². The molecule has 2 aliphatic heterocycles. The number of aromatic amines is 1. The molecular weight excluding hydrogens is 218 g/mol. The molecule has 0 spiro atoms. The lowest BCUT2D eigenvalue weighted by Gasteiger charge is -2.16. The zero-order chi connectivity index (χ0) is 11.8. The summed E-state index contributed by atoms with van der Waals surface area (Å²) in [6.45, 7) is 3.51. The number of carbonyl (C=O) groups is 1. The van der Waals surface area contributed by atoms with E-state index >= 15 is 0 Å². The average Bonchev–Trinajstić information content (AvgIpc) is 2.88. The fraction of sp³-hybridized carbons (Fsp3) is 0.500. The molecule has 1 aromatic heterocycles. The quantitative estimate of drug-likeness (QED) is 0.698. The number of nitrogens with zero attached hydrogens (tertiary/aromatic N) is 1. The van der Waals surface area contributed by atoms with Crippen LogP contribution in [0.3, 0.4) is 0 Å². The van der Waals surface area contributed by atoms with Gasteiger partial charge in [-0.25, -0.2) is 0 Å². The van der Waals surface area contributed by atoms with Crippen LogP contribution >= 0.6 is 0 Å². The molecule has 3 rings (SSSR count). The van der Waals surface area contributed by atoms with Crippen molar-refractivity contribution in [1.29, 1.82) is 0 Å². The van der Waals surface area contributed by atoms with E-state index in [9.17, 15) is 9.59 Å². The number of pyridine rings is 1. The first-order chi connectivity index (χ1) is 8.25. The molecule has 17 heavy (non-hydrogen) atoms. The Labute approximate surface area is 98.8 Å². The van der Waals surface area contributed by atoms with Crippen LogP contribution in [0, 0.1) is 11.8 Å². The van der Waals surface area contributed by atoms with Crippen LogP contribution in [0.2, 0.25) is 0 Å². The van der Waals surface area contributed by atoms with E-state index in [4.69, 9.17) is 0 Å². The summed E-state index contributed by atoms with van der Waals surface area (Å²) < 4.78 is 0. The monoisotopic (exact) mass is 233 g/mol. The van der Waals surface area contributed by atoms with E-state index in [1.165, 1.54) is 12.3 Å². The van der Waals surface area contributed by atoms with Crippen molar-refractivity contribution in [2.45, 2.75) is 0 Å². The molecule has 0 saturated carbocycles. The van der Waals surface area contributed by atoms with E-state index in [-0.39, 0.29) is 16.9 Å². The Bertz CT molecular complexity index is 485. The van der Waals surface area contributed by atoms with E-state index in [1.807, 2.05) is 0 Å². The predicted molar refractivity (Wildman–Crippen MR) is 62.8 cm³/mol. The van der Waals surface area contributed by atoms with Gasteiger partial charge in [0.2, 0.25) is 0 Å². The van der Waals surface area contributed by atoms with Crippen LogP contribution in [-0.4, -0.2) is 42.0 Å². The van der Waals surface area contributed by atoms with Gasteiger partial charge in [-0.2, -0.15) is 0 Å². The van der Waals surface area contributed by atoms with Crippen LogP contribution in [0.15, 0.2) is 23.3 Å². The summed E-state index contributed by atoms with van der Waals surface area (Å²) in [6, 6.07) is 1.39. The summed E-state index contributed by atoms with van der Waals surface area (Å²) in [5, 5.41) is 3.33. The van der Waals surface area contributed by atoms with Crippen molar-refractivity contribution in [2.75, 3.05) is 26.2 Å². The van der Waals surface area contributed by atoms with Crippen molar-refractivity contribution < 1.29 is 4.79 Å². The lowest BCUT2D eigenvalue weighted by molar-refractivity contribution is 0.0780. The van der Waals surface area contributed by atoms with Crippen molar-refractivity contribution >= 4 is 5.91 Å². The number of likely N-dealkylation sites (tertiary alicyclic amines) is 1. The molecule has 1 amide bonds. The highest BCUT2D eigenvalue weighted by Crippen LogP contribution is 2.26. The summed E-state index contributed by atoms with van der Waals surface area (Å²) in [7, 11) is 0. The SMILES string of the molecule is O=C(c1c[nH]ccc1=O)N1CC2CNCC2C1. The standard InChI is InChI=1S/C12H15N3O2/c16-11-1-2-13-5-10(11)12(17)15-6-8-3-14-4-9(8)7-15/h1-2,5,8-9,14H,3-4,6-7H2,(H,13,16). The number of rotatable bonds is 1. The maximum absolute atomic E-state index is 12.2. The van der Waals surface area contributed by atoms with Crippen molar-refractivity contribution in [3.8, 4) is 0 Å². The van der Waals surface area contributed by atoms with Gasteiger partial charge in [-0.1, -0.05) is 0 Å². The molecule has 2 aliphatic rings. The third kappa shape index (κ3) is 1.76. The molecular formula is C12H15N3O2. The van der Waals surface area contributed by atoms with E-state index in [2.05, 4.69) is 10.3 Å². The van der Waals surface area contributed by atoms with Gasteiger partial charge >= 0.3 is 0 Å². The van der Waals surface area contributed by atoms with Gasteiger partial charge in [0.1, 0.15) is 5.56 Å². The Balaban J connectivity index is 1.80. The minimum Gasteiger partial charge on any atom is -0.367 e. The lowest BCUT2D eigenvalue weighted by Crippen LogP contribution is -2.34. The highest BCUT2D eigenvalue weighted by Gasteiger charge is 2.38. The topological polar surface area (TPSA) is 65.2 Å². The van der Waals surface area contributed by atoms with Gasteiger partial charge in [-0.15, -0.1) is 0 Å². The van der Waals surface area contributed by atoms with Crippen LogP contribution in [-0.2, 0) is 0 Å². The molecule has 1 aromatic rings. The molecule has 0 radical (unpaired) electrons. The number of amides is 1. The molecule has 5 heteroatoms. The largest absolute Gasteiger partial charge is 0.367 e. The number of fused-ring (bicyclic) bond motifs is 1. The smallest absolute Gasteiger partial charge is 0.259 e. The summed E-state index contributed by atoms with van der Waals surface area (Å²) in [5.74, 6) is 0.977. The van der Waals surface area contributed by atoms with Gasteiger partial charge in [0.05, 0.1) is 0 Å². The Morgan fingerprint density at radius 3 is 2.65 bits per heavy atom. The van der Waals surface area contributed by atoms with Gasteiger partial charge in [0.25, 0.3) is 5.91 Å². The van der Waals surface area contributed by atoms with E-state index in [0.717, 1.165) is 26.2 Å². The first-order valence-corrected chi connectivity index (χ1v) is 5.93. The summed E-state index contributed by atoms with van der Waals surface area (Å²) in [4.78, 5) is 28.4. The minimum atomic E-state index is -0.205. The third-order valence-electron chi connectivity index (χ3n) is 3.73. The Kier molecular flexibility index (Phi) is 2.48. The Morgan fingerprint density at radius 1 is 1.29 bits per heavy atom. The summed E-state index contributed by atoms with van der Waals surface area (Å²) >= 11 is 0. The second-order valence-electron chi connectivity index (χ2n) is 4.81. The molecule has 0 aromatic carbocycles. The second kappa shape index (κ2) is 4.00. The van der Waals surface area contributed by atoms with Crippen molar-refractivity contribution in [1.82, 2.24) is 15.2 Å². The normalized spacial score (nSPS) is 27.2. The number of aromatic nitrogens is 1. The fourth-order valence-corrected chi connectivity index (χ4v) is 2.77. The first kappa shape index (κ1) is 10.5. The van der Waals surface area contributed by atoms with Gasteiger partial charge < -0.3 is 15.2 Å². The number of nitrogens with one attached hydrogen (secondary N) is 2. The first-order valence-electron chi connectivity index (χ1n) is 5.93. The zero-order valence-electron chi connectivity index (χ0n) is 9.48. The van der Waals surface area contributed by atoms with E-state index < -0.39 is 0 Å². The van der Waals surface area contributed by atoms with Crippen molar-refractivity contribution in [3.05, 3.63) is 34.2 Å². The second-order valence-corrected chi connectivity index (χ2v) is 4.81. The van der Waals surface area contributed by atoms with Crippen molar-refractivity contribution in [2.24, 2.45) is 11.8 Å². The molecule has 0 aliphatic carbocycles. The number of carbonyl (C=O) groups excluding carboxylic acids is 1. The lowest BCUT2D eigenvalue weighted by atomic mass is 10.0. The predicted octanol–water partition coefficient (Wildman–Crippen LogP) is -0.334. The van der Waals surface area contributed by atoms with Gasteiger partial charge in [0.15, 0.2) is 5.43 Å². The molecule has 2 saturated heterocycles. The molecule has 2 unspecified atom stereocenters. The van der Waals surface area contributed by atoms with Crippen LogP contribution in [0.5, 0.6) is 0 Å². The number of hydrogen-bond donors (Lipinski definition) is 2. The fourth-order valence-electron chi connectivity index (χ4n) is 2.77.